The second-order valence-corrected chi connectivity index (χ2v) is 7.14. The number of primary amides is 1. The van der Waals surface area contributed by atoms with Gasteiger partial charge in [-0.2, -0.15) is 5.26 Å². The van der Waals surface area contributed by atoms with Crippen molar-refractivity contribution >= 4 is 39.5 Å². The van der Waals surface area contributed by atoms with Crippen LogP contribution in [0.2, 0.25) is 0 Å². The summed E-state index contributed by atoms with van der Waals surface area (Å²) in [7, 11) is 0. The summed E-state index contributed by atoms with van der Waals surface area (Å²) >= 11 is 1.25. The molecule has 7 nitrogen and oxygen atoms in total. The number of rotatable bonds is 5. The quantitative estimate of drug-likeness (QED) is 0.376. The molecule has 146 valence electrons. The summed E-state index contributed by atoms with van der Waals surface area (Å²) in [4.78, 5) is 27.9. The fraction of sp³-hybridized carbons (Fsp3) is 0. The SMILES string of the molecule is N#C/C(=C\Nc1ccc(C(N)=O)cc1)c1nc(-c2cc3ccccc3oc2=O)cs1. The fourth-order valence-electron chi connectivity index (χ4n) is 2.79. The number of nitriles is 1. The van der Waals surface area contributed by atoms with Gasteiger partial charge >= 0.3 is 5.63 Å². The van der Waals surface area contributed by atoms with Crippen LogP contribution in [0.5, 0.6) is 0 Å². The van der Waals surface area contributed by atoms with Gasteiger partial charge in [0.1, 0.15) is 22.2 Å². The van der Waals surface area contributed by atoms with Crippen LogP contribution in [0.3, 0.4) is 0 Å². The number of amides is 1. The van der Waals surface area contributed by atoms with E-state index in [0.717, 1.165) is 5.39 Å². The van der Waals surface area contributed by atoms with Crippen molar-refractivity contribution in [2.45, 2.75) is 0 Å². The topological polar surface area (TPSA) is 122 Å². The van der Waals surface area contributed by atoms with Crippen molar-refractivity contribution in [2.24, 2.45) is 5.73 Å². The highest BCUT2D eigenvalue weighted by Gasteiger charge is 2.13. The van der Waals surface area contributed by atoms with E-state index in [1.54, 1.807) is 47.8 Å². The lowest BCUT2D eigenvalue weighted by molar-refractivity contribution is 0.100. The van der Waals surface area contributed by atoms with Crippen molar-refractivity contribution in [3.8, 4) is 17.3 Å². The largest absolute Gasteiger partial charge is 0.422 e. The van der Waals surface area contributed by atoms with Crippen LogP contribution < -0.4 is 16.7 Å². The second-order valence-electron chi connectivity index (χ2n) is 6.28. The number of benzene rings is 2. The number of carbonyl (C=O) groups is 1. The summed E-state index contributed by atoms with van der Waals surface area (Å²) in [5.41, 5.74) is 7.40. The van der Waals surface area contributed by atoms with Gasteiger partial charge in [-0.15, -0.1) is 11.3 Å². The van der Waals surface area contributed by atoms with Crippen LogP contribution >= 0.6 is 11.3 Å². The van der Waals surface area contributed by atoms with Crippen molar-refractivity contribution in [3.05, 3.63) is 87.2 Å². The number of nitrogens with one attached hydrogen (secondary N) is 1. The fourth-order valence-corrected chi connectivity index (χ4v) is 3.58. The summed E-state index contributed by atoms with van der Waals surface area (Å²) < 4.78 is 5.36. The molecule has 0 saturated heterocycles. The number of nitrogens with zero attached hydrogens (tertiary/aromatic N) is 2. The highest BCUT2D eigenvalue weighted by atomic mass is 32.1. The standard InChI is InChI=1S/C22H14N4O3S/c23-10-15(11-25-16-7-5-13(6-8-16)20(24)27)21-26-18(12-30-21)17-9-14-3-1-2-4-19(14)29-22(17)28/h1-9,11-12,25H,(H2,24,27)/b15-11+. The lowest BCUT2D eigenvalue weighted by Crippen LogP contribution is -2.10. The van der Waals surface area contributed by atoms with E-state index in [4.69, 9.17) is 10.2 Å². The molecule has 0 spiro atoms. The van der Waals surface area contributed by atoms with Gasteiger partial charge < -0.3 is 15.5 Å². The Morgan fingerprint density at radius 1 is 1.20 bits per heavy atom. The zero-order valence-electron chi connectivity index (χ0n) is 15.5. The van der Waals surface area contributed by atoms with Gasteiger partial charge in [0.25, 0.3) is 0 Å². The number of anilines is 1. The maximum atomic E-state index is 12.3. The first-order valence-corrected chi connectivity index (χ1v) is 9.69. The van der Waals surface area contributed by atoms with Crippen LogP contribution in [0.25, 0.3) is 27.8 Å². The molecule has 0 bridgehead atoms. The normalized spacial score (nSPS) is 11.2. The molecule has 2 aromatic heterocycles. The maximum absolute atomic E-state index is 12.3. The molecule has 0 aliphatic heterocycles. The van der Waals surface area contributed by atoms with Crippen LogP contribution in [-0.2, 0) is 0 Å². The average molecular weight is 414 g/mol. The number of aromatic nitrogens is 1. The van der Waals surface area contributed by atoms with Gasteiger partial charge in [-0.3, -0.25) is 4.79 Å². The van der Waals surface area contributed by atoms with E-state index >= 15 is 0 Å². The molecule has 0 aliphatic carbocycles. The van der Waals surface area contributed by atoms with Gasteiger partial charge in [0.2, 0.25) is 5.91 Å². The molecular formula is C22H14N4O3S. The third-order valence-corrected chi connectivity index (χ3v) is 5.20. The lowest BCUT2D eigenvalue weighted by atomic mass is 10.1. The Morgan fingerprint density at radius 2 is 1.97 bits per heavy atom. The van der Waals surface area contributed by atoms with Crippen molar-refractivity contribution in [1.82, 2.24) is 4.98 Å². The van der Waals surface area contributed by atoms with Crippen molar-refractivity contribution in [1.29, 1.82) is 5.26 Å². The van der Waals surface area contributed by atoms with Crippen LogP contribution in [0, 0.1) is 11.3 Å². The smallest absolute Gasteiger partial charge is 0.345 e. The average Bonchev–Trinajstić information content (AvgIpc) is 3.24. The molecule has 1 amide bonds. The zero-order chi connectivity index (χ0) is 21.1. The molecule has 0 aliphatic rings. The first-order chi connectivity index (χ1) is 14.5. The second kappa shape index (κ2) is 8.03. The van der Waals surface area contributed by atoms with Gasteiger partial charge in [-0.1, -0.05) is 18.2 Å². The molecule has 4 rings (SSSR count). The number of carbonyl (C=O) groups excluding carboxylic acids is 1. The van der Waals surface area contributed by atoms with Crippen LogP contribution in [0.4, 0.5) is 5.69 Å². The number of para-hydroxylation sites is 1. The predicted molar refractivity (Wildman–Crippen MR) is 116 cm³/mol. The molecule has 2 heterocycles. The number of nitrogens with two attached hydrogens (primary N) is 1. The van der Waals surface area contributed by atoms with E-state index < -0.39 is 11.5 Å². The van der Waals surface area contributed by atoms with Gasteiger partial charge in [0, 0.05) is 28.2 Å². The Labute approximate surface area is 174 Å². The minimum Gasteiger partial charge on any atom is -0.422 e. The minimum absolute atomic E-state index is 0.301. The molecule has 0 saturated carbocycles. The lowest BCUT2D eigenvalue weighted by Gasteiger charge is -2.02. The van der Waals surface area contributed by atoms with E-state index in [0.29, 0.717) is 38.7 Å². The summed E-state index contributed by atoms with van der Waals surface area (Å²) in [6.45, 7) is 0. The van der Waals surface area contributed by atoms with E-state index in [2.05, 4.69) is 16.4 Å². The Bertz CT molecular complexity index is 1380. The molecule has 4 aromatic rings. The van der Waals surface area contributed by atoms with Crippen LogP contribution in [-0.4, -0.2) is 10.9 Å². The van der Waals surface area contributed by atoms with Gasteiger partial charge in [0.05, 0.1) is 11.3 Å². The van der Waals surface area contributed by atoms with Gasteiger partial charge in [-0.05, 0) is 36.4 Å². The monoisotopic (exact) mass is 414 g/mol. The summed E-state index contributed by atoms with van der Waals surface area (Å²) in [6.07, 6.45) is 1.52. The van der Waals surface area contributed by atoms with Crippen LogP contribution in [0.15, 0.2) is 75.4 Å². The van der Waals surface area contributed by atoms with Crippen molar-refractivity contribution < 1.29 is 9.21 Å². The molecule has 8 heteroatoms. The molecule has 2 aromatic carbocycles. The maximum Gasteiger partial charge on any atom is 0.345 e. The first kappa shape index (κ1) is 19.1. The summed E-state index contributed by atoms with van der Waals surface area (Å²) in [5.74, 6) is -0.511. The molecular weight excluding hydrogens is 400 g/mol. The predicted octanol–water partition coefficient (Wildman–Crippen LogP) is 3.99. The van der Waals surface area contributed by atoms with Gasteiger partial charge in [0.15, 0.2) is 0 Å². The Hall–Kier alpha value is -4.22. The number of fused-ring (bicyclic) bond motifs is 1. The third-order valence-electron chi connectivity index (χ3n) is 4.33. The first-order valence-electron chi connectivity index (χ1n) is 8.81. The summed E-state index contributed by atoms with van der Waals surface area (Å²) in [6, 6.07) is 17.6. The zero-order valence-corrected chi connectivity index (χ0v) is 16.3. The highest BCUT2D eigenvalue weighted by molar-refractivity contribution is 7.11. The minimum atomic E-state index is -0.511. The van der Waals surface area contributed by atoms with E-state index in [1.807, 2.05) is 12.1 Å². The van der Waals surface area contributed by atoms with E-state index in [-0.39, 0.29) is 0 Å². The number of allylic oxidation sites excluding steroid dienone is 1. The van der Waals surface area contributed by atoms with Crippen LogP contribution in [0.1, 0.15) is 15.4 Å². The molecule has 0 fully saturated rings. The third kappa shape index (κ3) is 3.83. The van der Waals surface area contributed by atoms with Crippen molar-refractivity contribution in [2.75, 3.05) is 5.32 Å². The summed E-state index contributed by atoms with van der Waals surface area (Å²) in [5, 5.41) is 15.5. The van der Waals surface area contributed by atoms with Gasteiger partial charge in [-0.25, -0.2) is 9.78 Å². The van der Waals surface area contributed by atoms with E-state index in [1.165, 1.54) is 17.5 Å². The molecule has 0 unspecified atom stereocenters. The molecule has 3 N–H and O–H groups in total. The number of hydrogen-bond acceptors (Lipinski definition) is 7. The number of thiazole rings is 1. The molecule has 0 atom stereocenters. The van der Waals surface area contributed by atoms with E-state index in [9.17, 15) is 14.9 Å². The van der Waals surface area contributed by atoms with Crippen molar-refractivity contribution in [3.63, 3.8) is 0 Å². The Morgan fingerprint density at radius 3 is 2.70 bits per heavy atom. The molecule has 0 radical (unpaired) electrons. The highest BCUT2D eigenvalue weighted by Crippen LogP contribution is 2.26. The Kier molecular flexibility index (Phi) is 5.11. The Balaban J connectivity index is 1.61. The molecule has 30 heavy (non-hydrogen) atoms. The number of hydrogen-bond donors (Lipinski definition) is 2.